The Hall–Kier alpha value is -2.47. The van der Waals surface area contributed by atoms with Crippen LogP contribution in [0, 0.1) is 0 Å². The number of quaternary nitrogens is 2. The first-order valence-corrected chi connectivity index (χ1v) is 11.3. The first-order valence-electron chi connectivity index (χ1n) is 10.4. The molecule has 3 N–H and O–H groups in total. The van der Waals surface area contributed by atoms with Gasteiger partial charge in [0.05, 0.1) is 18.0 Å². The quantitative estimate of drug-likeness (QED) is 0.382. The second kappa shape index (κ2) is 8.11. The van der Waals surface area contributed by atoms with Crippen LogP contribution >= 0.6 is 11.3 Å². The third-order valence-electron chi connectivity index (χ3n) is 6.11. The summed E-state index contributed by atoms with van der Waals surface area (Å²) >= 11 is 1.87. The van der Waals surface area contributed by atoms with E-state index in [2.05, 4.69) is 35.0 Å². The van der Waals surface area contributed by atoms with Crippen molar-refractivity contribution in [3.63, 3.8) is 0 Å². The van der Waals surface area contributed by atoms with Crippen LogP contribution in [0.3, 0.4) is 0 Å². The minimum atomic E-state index is -0.267. The van der Waals surface area contributed by atoms with Crippen LogP contribution < -0.4 is 15.8 Å². The second-order valence-corrected chi connectivity index (χ2v) is 8.89. The van der Waals surface area contributed by atoms with Crippen LogP contribution in [0.4, 0.5) is 0 Å². The molecule has 2 aromatic heterocycles. The van der Waals surface area contributed by atoms with E-state index in [4.69, 9.17) is 4.42 Å². The van der Waals surface area contributed by atoms with Crippen molar-refractivity contribution < 1.29 is 14.6 Å². The molecule has 0 saturated carbocycles. The molecule has 0 spiro atoms. The summed E-state index contributed by atoms with van der Waals surface area (Å²) in [4.78, 5) is 15.3. The minimum Gasteiger partial charge on any atom is -0.423 e. The van der Waals surface area contributed by atoms with Gasteiger partial charge in [0, 0.05) is 29.9 Å². The van der Waals surface area contributed by atoms with Gasteiger partial charge in [-0.2, -0.15) is 0 Å². The zero-order valence-electron chi connectivity index (χ0n) is 16.4. The van der Waals surface area contributed by atoms with E-state index in [1.54, 1.807) is 11.0 Å². The summed E-state index contributed by atoms with van der Waals surface area (Å²) in [6.07, 6.45) is 2.65. The van der Waals surface area contributed by atoms with E-state index in [9.17, 15) is 4.79 Å². The SMILES string of the molecule is O=c1cc(C[NH2+]C[C@@H](c2cccs2)[NH+]2CCCC2)c2c(ccc3ccccc32)o1. The third-order valence-corrected chi connectivity index (χ3v) is 7.09. The maximum Gasteiger partial charge on any atom is 0.336 e. The number of hydrogen-bond donors (Lipinski definition) is 2. The molecule has 1 atom stereocenters. The largest absolute Gasteiger partial charge is 0.423 e. The van der Waals surface area contributed by atoms with Crippen LogP contribution in [0.25, 0.3) is 21.7 Å². The van der Waals surface area contributed by atoms with Crippen LogP contribution in [-0.4, -0.2) is 19.6 Å². The lowest BCUT2D eigenvalue weighted by molar-refractivity contribution is -0.934. The van der Waals surface area contributed by atoms with Crippen LogP contribution in [0.2, 0.25) is 0 Å². The summed E-state index contributed by atoms with van der Waals surface area (Å²) in [6, 6.07) is 18.9. The molecule has 2 aromatic carbocycles. The van der Waals surface area contributed by atoms with Crippen molar-refractivity contribution in [1.82, 2.24) is 0 Å². The number of benzene rings is 2. The van der Waals surface area contributed by atoms with E-state index in [1.165, 1.54) is 36.2 Å². The number of rotatable bonds is 6. The van der Waals surface area contributed by atoms with Crippen molar-refractivity contribution in [2.75, 3.05) is 19.6 Å². The lowest BCUT2D eigenvalue weighted by atomic mass is 10.0. The zero-order chi connectivity index (χ0) is 19.6. The summed E-state index contributed by atoms with van der Waals surface area (Å²) < 4.78 is 5.51. The molecule has 3 heterocycles. The molecule has 0 amide bonds. The fourth-order valence-corrected chi connectivity index (χ4v) is 5.64. The Balaban J connectivity index is 1.44. The fourth-order valence-electron chi connectivity index (χ4n) is 4.74. The molecule has 4 aromatic rings. The maximum atomic E-state index is 12.2. The summed E-state index contributed by atoms with van der Waals surface area (Å²) in [5.74, 6) is 0. The molecule has 0 radical (unpaired) electrons. The average molecular weight is 407 g/mol. The first-order chi connectivity index (χ1) is 14.3. The standard InChI is InChI=1S/C24H24N2O2S/c27-23-14-18(24-19-7-2-1-6-17(19)9-10-21(24)28-23)15-25-16-20(22-8-5-13-29-22)26-11-3-4-12-26/h1-2,5-10,13-14,20,25H,3-4,11-12,15-16H2/p+2/t20-/m0/s1. The van der Waals surface area contributed by atoms with Crippen LogP contribution in [0.15, 0.2) is 69.2 Å². The van der Waals surface area contributed by atoms with Gasteiger partial charge in [0.1, 0.15) is 18.7 Å². The van der Waals surface area contributed by atoms with Gasteiger partial charge in [-0.3, -0.25) is 0 Å². The van der Waals surface area contributed by atoms with Gasteiger partial charge in [0.2, 0.25) is 0 Å². The molecule has 0 aliphatic carbocycles. The minimum absolute atomic E-state index is 0.267. The molecule has 5 heteroatoms. The highest BCUT2D eigenvalue weighted by Gasteiger charge is 2.29. The Labute approximate surface area is 173 Å². The van der Waals surface area contributed by atoms with Crippen molar-refractivity contribution >= 4 is 33.1 Å². The van der Waals surface area contributed by atoms with Crippen LogP contribution in [-0.2, 0) is 6.54 Å². The van der Waals surface area contributed by atoms with Gasteiger partial charge in [0.15, 0.2) is 6.04 Å². The Morgan fingerprint density at radius 3 is 2.76 bits per heavy atom. The normalized spacial score (nSPS) is 16.0. The van der Waals surface area contributed by atoms with E-state index in [-0.39, 0.29) is 5.63 Å². The van der Waals surface area contributed by atoms with E-state index in [0.717, 1.165) is 29.4 Å². The first kappa shape index (κ1) is 18.6. The molecule has 4 nitrogen and oxygen atoms in total. The summed E-state index contributed by atoms with van der Waals surface area (Å²) in [5.41, 5.74) is 1.48. The predicted molar refractivity (Wildman–Crippen MR) is 117 cm³/mol. The van der Waals surface area contributed by atoms with Gasteiger partial charge in [-0.05, 0) is 28.3 Å². The monoisotopic (exact) mass is 406 g/mol. The van der Waals surface area contributed by atoms with Crippen molar-refractivity contribution in [3.05, 3.63) is 80.8 Å². The topological polar surface area (TPSA) is 51.3 Å². The summed E-state index contributed by atoms with van der Waals surface area (Å²) in [6.45, 7) is 4.34. The Bertz CT molecular complexity index is 1180. The van der Waals surface area contributed by atoms with E-state index < -0.39 is 0 Å². The predicted octanol–water partition coefficient (Wildman–Crippen LogP) is 2.49. The molecule has 1 saturated heterocycles. The molecule has 0 bridgehead atoms. The molecular weight excluding hydrogens is 380 g/mol. The molecule has 0 unspecified atom stereocenters. The number of likely N-dealkylation sites (tertiary alicyclic amines) is 1. The molecule has 1 fully saturated rings. The molecular formula is C24H26N2O2S+2. The van der Waals surface area contributed by atoms with Gasteiger partial charge in [0.25, 0.3) is 0 Å². The molecule has 1 aliphatic heterocycles. The average Bonchev–Trinajstić information content (AvgIpc) is 3.45. The maximum absolute atomic E-state index is 12.2. The van der Waals surface area contributed by atoms with Gasteiger partial charge in [-0.25, -0.2) is 4.79 Å². The number of hydrogen-bond acceptors (Lipinski definition) is 3. The third kappa shape index (κ3) is 3.73. The Morgan fingerprint density at radius 2 is 1.93 bits per heavy atom. The number of nitrogens with one attached hydrogen (secondary N) is 1. The summed E-state index contributed by atoms with van der Waals surface area (Å²) in [7, 11) is 0. The fraction of sp³-hybridized carbons (Fsp3) is 0.292. The van der Waals surface area contributed by atoms with Gasteiger partial charge >= 0.3 is 5.63 Å². The van der Waals surface area contributed by atoms with Crippen LogP contribution in [0.1, 0.15) is 29.3 Å². The van der Waals surface area contributed by atoms with Crippen molar-refractivity contribution in [2.45, 2.75) is 25.4 Å². The van der Waals surface area contributed by atoms with Gasteiger partial charge < -0.3 is 14.6 Å². The highest BCUT2D eigenvalue weighted by Crippen LogP contribution is 2.27. The molecule has 5 rings (SSSR count). The van der Waals surface area contributed by atoms with E-state index in [0.29, 0.717) is 11.6 Å². The van der Waals surface area contributed by atoms with Gasteiger partial charge in [-0.1, -0.05) is 36.4 Å². The lowest BCUT2D eigenvalue weighted by Crippen LogP contribution is -3.13. The lowest BCUT2D eigenvalue weighted by Gasteiger charge is -2.22. The van der Waals surface area contributed by atoms with Crippen molar-refractivity contribution in [1.29, 1.82) is 0 Å². The highest BCUT2D eigenvalue weighted by molar-refractivity contribution is 7.10. The molecule has 1 aliphatic rings. The highest BCUT2D eigenvalue weighted by atomic mass is 32.1. The summed E-state index contributed by atoms with van der Waals surface area (Å²) in [5, 5.41) is 7.94. The van der Waals surface area contributed by atoms with Crippen LogP contribution in [0.5, 0.6) is 0 Å². The Kier molecular flexibility index (Phi) is 5.19. The van der Waals surface area contributed by atoms with Crippen molar-refractivity contribution in [3.8, 4) is 0 Å². The molecule has 148 valence electrons. The Morgan fingerprint density at radius 1 is 1.07 bits per heavy atom. The molecule has 29 heavy (non-hydrogen) atoms. The number of nitrogens with two attached hydrogens (primary N) is 1. The van der Waals surface area contributed by atoms with E-state index in [1.807, 2.05) is 35.6 Å². The zero-order valence-corrected chi connectivity index (χ0v) is 17.2. The van der Waals surface area contributed by atoms with Gasteiger partial charge in [-0.15, -0.1) is 11.3 Å². The van der Waals surface area contributed by atoms with Crippen molar-refractivity contribution in [2.24, 2.45) is 0 Å². The van der Waals surface area contributed by atoms with E-state index >= 15 is 0 Å². The number of fused-ring (bicyclic) bond motifs is 3. The second-order valence-electron chi connectivity index (χ2n) is 7.91. The smallest absolute Gasteiger partial charge is 0.336 e. The number of thiophene rings is 1.